The van der Waals surface area contributed by atoms with Gasteiger partial charge in [0.1, 0.15) is 11.3 Å². The predicted molar refractivity (Wildman–Crippen MR) is 107 cm³/mol. The highest BCUT2D eigenvalue weighted by Gasteiger charge is 2.23. The van der Waals surface area contributed by atoms with Crippen LogP contribution in [0.4, 0.5) is 0 Å². The lowest BCUT2D eigenvalue weighted by Crippen LogP contribution is -2.32. The van der Waals surface area contributed by atoms with Crippen LogP contribution in [-0.2, 0) is 19.4 Å². The maximum atomic E-state index is 6.11. The Morgan fingerprint density at radius 2 is 1.73 bits per heavy atom. The molecule has 3 aromatic rings. The molecule has 5 rings (SSSR count). The quantitative estimate of drug-likeness (QED) is 0.606. The van der Waals surface area contributed by atoms with Gasteiger partial charge >= 0.3 is 0 Å². The Balaban J connectivity index is 1.30. The minimum atomic E-state index is 0.695. The molecule has 2 aromatic carbocycles. The molecule has 0 amide bonds. The van der Waals surface area contributed by atoms with Crippen LogP contribution in [0.15, 0.2) is 52.9 Å². The van der Waals surface area contributed by atoms with E-state index in [1.807, 2.05) is 0 Å². The molecule has 0 N–H and O–H groups in total. The van der Waals surface area contributed by atoms with E-state index in [1.165, 1.54) is 73.0 Å². The molecule has 1 aliphatic heterocycles. The second kappa shape index (κ2) is 6.92. The zero-order valence-electron chi connectivity index (χ0n) is 15.4. The summed E-state index contributed by atoms with van der Waals surface area (Å²) in [5.41, 5.74) is 5.54. The third kappa shape index (κ3) is 3.07. The lowest BCUT2D eigenvalue weighted by molar-refractivity contribution is 0.204. The van der Waals surface area contributed by atoms with Crippen LogP contribution in [0.25, 0.3) is 11.0 Å². The Bertz CT molecular complexity index is 887. The number of rotatable bonds is 3. The number of fused-ring (bicyclic) bond motifs is 3. The molecule has 2 aliphatic rings. The highest BCUT2D eigenvalue weighted by atomic mass is 16.3. The maximum absolute atomic E-state index is 6.11. The minimum Gasteiger partial charge on any atom is -0.461 e. The molecular formula is C24H27NO. The van der Waals surface area contributed by atoms with E-state index in [0.717, 1.165) is 18.5 Å². The van der Waals surface area contributed by atoms with Crippen molar-refractivity contribution in [2.75, 3.05) is 13.1 Å². The van der Waals surface area contributed by atoms with Crippen LogP contribution in [0.1, 0.15) is 54.1 Å². The minimum absolute atomic E-state index is 0.695. The van der Waals surface area contributed by atoms with E-state index in [9.17, 15) is 0 Å². The van der Waals surface area contributed by atoms with Crippen molar-refractivity contribution in [1.29, 1.82) is 0 Å². The van der Waals surface area contributed by atoms with Crippen LogP contribution < -0.4 is 0 Å². The molecular weight excluding hydrogens is 318 g/mol. The first kappa shape index (κ1) is 16.1. The SMILES string of the molecule is c1ccc(CN2CCC(c3ccc4oc5c(c4c3)CCCC5)CC2)cc1. The fourth-order valence-corrected chi connectivity index (χ4v) is 4.80. The number of hydrogen-bond donors (Lipinski definition) is 0. The van der Waals surface area contributed by atoms with Crippen molar-refractivity contribution in [3.05, 3.63) is 71.0 Å². The summed E-state index contributed by atoms with van der Waals surface area (Å²) >= 11 is 0. The first-order valence-electron chi connectivity index (χ1n) is 10.2. The van der Waals surface area contributed by atoms with E-state index < -0.39 is 0 Å². The van der Waals surface area contributed by atoms with Crippen molar-refractivity contribution >= 4 is 11.0 Å². The zero-order valence-corrected chi connectivity index (χ0v) is 15.4. The van der Waals surface area contributed by atoms with Gasteiger partial charge in [-0.3, -0.25) is 4.90 Å². The van der Waals surface area contributed by atoms with E-state index >= 15 is 0 Å². The summed E-state index contributed by atoms with van der Waals surface area (Å²) in [6.07, 6.45) is 7.43. The molecule has 2 heterocycles. The number of likely N-dealkylation sites (tertiary alicyclic amines) is 1. The summed E-state index contributed by atoms with van der Waals surface area (Å²) in [5, 5.41) is 1.39. The largest absolute Gasteiger partial charge is 0.461 e. The Morgan fingerprint density at radius 1 is 0.923 bits per heavy atom. The number of furan rings is 1. The van der Waals surface area contributed by atoms with Crippen LogP contribution in [-0.4, -0.2) is 18.0 Å². The third-order valence-electron chi connectivity index (χ3n) is 6.29. The number of nitrogens with zero attached hydrogens (tertiary/aromatic N) is 1. The summed E-state index contributed by atoms with van der Waals surface area (Å²) in [4.78, 5) is 2.60. The molecule has 1 saturated heterocycles. The van der Waals surface area contributed by atoms with Crippen LogP contribution >= 0.6 is 0 Å². The van der Waals surface area contributed by atoms with Crippen LogP contribution in [0.5, 0.6) is 0 Å². The molecule has 1 fully saturated rings. The lowest BCUT2D eigenvalue weighted by Gasteiger charge is -2.32. The second-order valence-electron chi connectivity index (χ2n) is 8.00. The van der Waals surface area contributed by atoms with Gasteiger partial charge in [0.05, 0.1) is 0 Å². The molecule has 0 saturated carbocycles. The number of aryl methyl sites for hydroxylation is 2. The molecule has 1 aromatic heterocycles. The predicted octanol–water partition coefficient (Wildman–Crippen LogP) is 5.69. The standard InChI is InChI=1S/C24H27NO/c1-2-6-18(7-3-1)17-25-14-12-19(13-15-25)20-10-11-24-22(16-20)21-8-4-5-9-23(21)26-24/h1-3,6-7,10-11,16,19H,4-5,8-9,12-15,17H2. The number of piperidine rings is 1. The molecule has 0 bridgehead atoms. The third-order valence-corrected chi connectivity index (χ3v) is 6.29. The monoisotopic (exact) mass is 345 g/mol. The van der Waals surface area contributed by atoms with Gasteiger partial charge < -0.3 is 4.42 Å². The van der Waals surface area contributed by atoms with Crippen LogP contribution in [0.3, 0.4) is 0 Å². The summed E-state index contributed by atoms with van der Waals surface area (Å²) < 4.78 is 6.11. The molecule has 0 unspecified atom stereocenters. The topological polar surface area (TPSA) is 16.4 Å². The Kier molecular flexibility index (Phi) is 4.30. The van der Waals surface area contributed by atoms with Gasteiger partial charge in [0, 0.05) is 23.9 Å². The van der Waals surface area contributed by atoms with E-state index in [4.69, 9.17) is 4.42 Å². The van der Waals surface area contributed by atoms with Gasteiger partial charge in [-0.1, -0.05) is 36.4 Å². The fraction of sp³-hybridized carbons (Fsp3) is 0.417. The van der Waals surface area contributed by atoms with Gasteiger partial charge in [0.25, 0.3) is 0 Å². The first-order chi connectivity index (χ1) is 12.9. The summed E-state index contributed by atoms with van der Waals surface area (Å²) in [5.74, 6) is 1.95. The molecule has 0 radical (unpaired) electrons. The first-order valence-corrected chi connectivity index (χ1v) is 10.2. The van der Waals surface area contributed by atoms with Crippen molar-refractivity contribution < 1.29 is 4.42 Å². The van der Waals surface area contributed by atoms with Gasteiger partial charge in [-0.25, -0.2) is 0 Å². The van der Waals surface area contributed by atoms with E-state index in [2.05, 4.69) is 53.4 Å². The molecule has 0 spiro atoms. The molecule has 2 nitrogen and oxygen atoms in total. The summed E-state index contributed by atoms with van der Waals surface area (Å²) in [6.45, 7) is 3.48. The highest BCUT2D eigenvalue weighted by Crippen LogP contribution is 2.36. The van der Waals surface area contributed by atoms with Gasteiger partial charge in [0.2, 0.25) is 0 Å². The molecule has 26 heavy (non-hydrogen) atoms. The van der Waals surface area contributed by atoms with Crippen LogP contribution in [0, 0.1) is 0 Å². The average Bonchev–Trinajstić information content (AvgIpc) is 3.07. The van der Waals surface area contributed by atoms with Gasteiger partial charge in [0.15, 0.2) is 0 Å². The van der Waals surface area contributed by atoms with Gasteiger partial charge in [-0.2, -0.15) is 0 Å². The molecule has 134 valence electrons. The highest BCUT2D eigenvalue weighted by molar-refractivity contribution is 5.83. The van der Waals surface area contributed by atoms with Gasteiger partial charge in [-0.15, -0.1) is 0 Å². The van der Waals surface area contributed by atoms with Gasteiger partial charge in [-0.05, 0) is 74.4 Å². The number of hydrogen-bond acceptors (Lipinski definition) is 2. The maximum Gasteiger partial charge on any atom is 0.134 e. The molecule has 2 heteroatoms. The Morgan fingerprint density at radius 3 is 2.58 bits per heavy atom. The lowest BCUT2D eigenvalue weighted by atomic mass is 9.87. The number of benzene rings is 2. The van der Waals surface area contributed by atoms with E-state index in [1.54, 1.807) is 0 Å². The Labute approximate surface area is 155 Å². The van der Waals surface area contributed by atoms with Crippen LogP contribution in [0.2, 0.25) is 0 Å². The summed E-state index contributed by atoms with van der Waals surface area (Å²) in [6, 6.07) is 17.8. The van der Waals surface area contributed by atoms with Crippen molar-refractivity contribution in [2.45, 2.75) is 51.0 Å². The summed E-state index contributed by atoms with van der Waals surface area (Å²) in [7, 11) is 0. The van der Waals surface area contributed by atoms with E-state index in [-0.39, 0.29) is 0 Å². The van der Waals surface area contributed by atoms with Crippen molar-refractivity contribution in [1.82, 2.24) is 4.90 Å². The Hall–Kier alpha value is -2.06. The van der Waals surface area contributed by atoms with Crippen molar-refractivity contribution in [3.63, 3.8) is 0 Å². The van der Waals surface area contributed by atoms with E-state index in [0.29, 0.717) is 5.92 Å². The van der Waals surface area contributed by atoms with Crippen molar-refractivity contribution in [3.8, 4) is 0 Å². The molecule has 1 aliphatic carbocycles. The van der Waals surface area contributed by atoms with Crippen molar-refractivity contribution in [2.24, 2.45) is 0 Å². The zero-order chi connectivity index (χ0) is 17.3. The molecule has 0 atom stereocenters. The average molecular weight is 345 g/mol. The smallest absolute Gasteiger partial charge is 0.134 e. The second-order valence-corrected chi connectivity index (χ2v) is 8.00. The normalized spacial score (nSPS) is 18.9. The fourth-order valence-electron chi connectivity index (χ4n) is 4.80.